The zero-order valence-electron chi connectivity index (χ0n) is 15.1. The van der Waals surface area contributed by atoms with Crippen LogP contribution in [0.1, 0.15) is 36.0 Å². The second kappa shape index (κ2) is 7.76. The lowest BCUT2D eigenvalue weighted by atomic mass is 9.91. The predicted octanol–water partition coefficient (Wildman–Crippen LogP) is 4.01. The first-order chi connectivity index (χ1) is 13.2. The summed E-state index contributed by atoms with van der Waals surface area (Å²) in [6, 6.07) is 17.7. The van der Waals surface area contributed by atoms with E-state index in [4.69, 9.17) is 10.2 Å². The molecule has 0 radical (unpaired) electrons. The number of nitrogens with two attached hydrogens (primary N) is 1. The number of rotatable bonds is 4. The van der Waals surface area contributed by atoms with Crippen molar-refractivity contribution in [1.82, 2.24) is 10.3 Å². The number of hydrogen-bond acceptors (Lipinski definition) is 4. The second-order valence-electron chi connectivity index (χ2n) is 7.03. The van der Waals surface area contributed by atoms with Gasteiger partial charge in [0.15, 0.2) is 5.76 Å². The highest BCUT2D eigenvalue weighted by Crippen LogP contribution is 2.28. The minimum Gasteiger partial charge on any atom is -0.436 e. The van der Waals surface area contributed by atoms with Gasteiger partial charge in [0.1, 0.15) is 0 Å². The van der Waals surface area contributed by atoms with Crippen LogP contribution < -0.4 is 11.1 Å². The Labute approximate surface area is 158 Å². The van der Waals surface area contributed by atoms with E-state index in [9.17, 15) is 4.79 Å². The van der Waals surface area contributed by atoms with Crippen molar-refractivity contribution >= 4 is 5.91 Å². The highest BCUT2D eigenvalue weighted by atomic mass is 16.4. The molecule has 2 aromatic carbocycles. The quantitative estimate of drug-likeness (QED) is 0.736. The van der Waals surface area contributed by atoms with Crippen LogP contribution in [0.25, 0.3) is 22.8 Å². The summed E-state index contributed by atoms with van der Waals surface area (Å²) in [6.07, 6.45) is 5.44. The Kier molecular flexibility index (Phi) is 5.03. The molecule has 1 aliphatic rings. The third kappa shape index (κ3) is 3.93. The average Bonchev–Trinajstić information content (AvgIpc) is 3.20. The van der Waals surface area contributed by atoms with E-state index in [1.54, 1.807) is 6.20 Å². The maximum atomic E-state index is 12.9. The van der Waals surface area contributed by atoms with E-state index in [2.05, 4.69) is 10.3 Å². The number of oxazole rings is 1. The smallest absolute Gasteiger partial charge is 0.252 e. The Bertz CT molecular complexity index is 912. The molecule has 3 N–H and O–H groups in total. The zero-order valence-corrected chi connectivity index (χ0v) is 15.1. The van der Waals surface area contributed by atoms with Crippen LogP contribution in [-0.2, 0) is 0 Å². The maximum absolute atomic E-state index is 12.9. The molecule has 0 atom stereocenters. The summed E-state index contributed by atoms with van der Waals surface area (Å²) in [5.74, 6) is 1.04. The van der Waals surface area contributed by atoms with E-state index in [-0.39, 0.29) is 18.0 Å². The van der Waals surface area contributed by atoms with E-state index in [1.807, 2.05) is 54.6 Å². The average molecular weight is 361 g/mol. The Morgan fingerprint density at radius 3 is 2.48 bits per heavy atom. The fourth-order valence-corrected chi connectivity index (χ4v) is 3.53. The number of carbonyl (C=O) groups is 1. The lowest BCUT2D eigenvalue weighted by Crippen LogP contribution is -2.40. The third-order valence-electron chi connectivity index (χ3n) is 5.07. The van der Waals surface area contributed by atoms with Crippen molar-refractivity contribution in [2.75, 3.05) is 0 Å². The van der Waals surface area contributed by atoms with Crippen LogP contribution in [-0.4, -0.2) is 23.0 Å². The van der Waals surface area contributed by atoms with Crippen LogP contribution in [0.2, 0.25) is 0 Å². The molecule has 0 bridgehead atoms. The van der Waals surface area contributed by atoms with Crippen molar-refractivity contribution in [2.45, 2.75) is 37.8 Å². The standard InChI is InChI=1S/C22H23N3O2/c23-16-10-12-17(13-11-16)25-21(26)18-8-4-5-9-19(18)22-24-14-20(27-22)15-6-2-1-3-7-15/h1-9,14,16-17H,10-13,23H2,(H,25,26). The molecular formula is C22H23N3O2. The highest BCUT2D eigenvalue weighted by molar-refractivity contribution is 6.00. The largest absolute Gasteiger partial charge is 0.436 e. The summed E-state index contributed by atoms with van der Waals surface area (Å²) in [7, 11) is 0. The number of hydrogen-bond donors (Lipinski definition) is 2. The minimum atomic E-state index is -0.0921. The Morgan fingerprint density at radius 1 is 1.00 bits per heavy atom. The van der Waals surface area contributed by atoms with E-state index in [1.165, 1.54) is 0 Å². The molecule has 1 amide bonds. The summed E-state index contributed by atoms with van der Waals surface area (Å²) in [6.45, 7) is 0. The van der Waals surface area contributed by atoms with Gasteiger partial charge < -0.3 is 15.5 Å². The van der Waals surface area contributed by atoms with Gasteiger partial charge in [-0.1, -0.05) is 42.5 Å². The molecule has 0 unspecified atom stereocenters. The van der Waals surface area contributed by atoms with Gasteiger partial charge in [0.05, 0.1) is 11.8 Å². The first kappa shape index (κ1) is 17.5. The SMILES string of the molecule is NC1CCC(NC(=O)c2ccccc2-c2ncc(-c3ccccc3)o2)CC1. The van der Waals surface area contributed by atoms with E-state index in [0.29, 0.717) is 22.8 Å². The van der Waals surface area contributed by atoms with Gasteiger partial charge in [-0.15, -0.1) is 0 Å². The molecule has 5 heteroatoms. The van der Waals surface area contributed by atoms with Gasteiger partial charge >= 0.3 is 0 Å². The van der Waals surface area contributed by atoms with Crippen LogP contribution >= 0.6 is 0 Å². The number of amides is 1. The van der Waals surface area contributed by atoms with Gasteiger partial charge in [-0.25, -0.2) is 4.98 Å². The summed E-state index contributed by atoms with van der Waals surface area (Å²) < 4.78 is 5.94. The van der Waals surface area contributed by atoms with Gasteiger partial charge in [-0.2, -0.15) is 0 Å². The highest BCUT2D eigenvalue weighted by Gasteiger charge is 2.23. The normalized spacial score (nSPS) is 19.6. The number of nitrogens with zero attached hydrogens (tertiary/aromatic N) is 1. The zero-order chi connectivity index (χ0) is 18.6. The summed E-state index contributed by atoms with van der Waals surface area (Å²) in [4.78, 5) is 17.3. The summed E-state index contributed by atoms with van der Waals surface area (Å²) in [5.41, 5.74) is 8.19. The number of carbonyl (C=O) groups excluding carboxylic acids is 1. The summed E-state index contributed by atoms with van der Waals surface area (Å²) >= 11 is 0. The van der Waals surface area contributed by atoms with Crippen LogP contribution in [0.4, 0.5) is 0 Å². The fourth-order valence-electron chi connectivity index (χ4n) is 3.53. The molecule has 1 aliphatic carbocycles. The molecule has 1 heterocycles. The van der Waals surface area contributed by atoms with Gasteiger partial charge in [-0.3, -0.25) is 4.79 Å². The first-order valence-electron chi connectivity index (χ1n) is 9.38. The van der Waals surface area contributed by atoms with Gasteiger partial charge in [0.2, 0.25) is 5.89 Å². The molecule has 4 rings (SSSR count). The topological polar surface area (TPSA) is 81.1 Å². The van der Waals surface area contributed by atoms with Crippen molar-refractivity contribution in [2.24, 2.45) is 5.73 Å². The lowest BCUT2D eigenvalue weighted by molar-refractivity contribution is 0.0926. The first-order valence-corrected chi connectivity index (χ1v) is 9.38. The predicted molar refractivity (Wildman–Crippen MR) is 105 cm³/mol. The molecule has 1 saturated carbocycles. The third-order valence-corrected chi connectivity index (χ3v) is 5.07. The monoisotopic (exact) mass is 361 g/mol. The van der Waals surface area contributed by atoms with Crippen molar-refractivity contribution < 1.29 is 9.21 Å². The van der Waals surface area contributed by atoms with Crippen molar-refractivity contribution in [3.63, 3.8) is 0 Å². The van der Waals surface area contributed by atoms with Crippen molar-refractivity contribution in [3.8, 4) is 22.8 Å². The fraction of sp³-hybridized carbons (Fsp3) is 0.273. The molecule has 138 valence electrons. The van der Waals surface area contributed by atoms with Crippen LogP contribution in [0.15, 0.2) is 65.2 Å². The maximum Gasteiger partial charge on any atom is 0.252 e. The molecule has 0 saturated heterocycles. The van der Waals surface area contributed by atoms with E-state index in [0.717, 1.165) is 31.2 Å². The Morgan fingerprint density at radius 2 is 1.70 bits per heavy atom. The molecule has 1 fully saturated rings. The molecule has 3 aromatic rings. The van der Waals surface area contributed by atoms with Crippen molar-refractivity contribution in [3.05, 3.63) is 66.4 Å². The van der Waals surface area contributed by atoms with Crippen molar-refractivity contribution in [1.29, 1.82) is 0 Å². The minimum absolute atomic E-state index is 0.0921. The van der Waals surface area contributed by atoms with Gasteiger partial charge in [-0.05, 0) is 37.8 Å². The van der Waals surface area contributed by atoms with Crippen LogP contribution in [0.5, 0.6) is 0 Å². The molecular weight excluding hydrogens is 338 g/mol. The molecule has 5 nitrogen and oxygen atoms in total. The van der Waals surface area contributed by atoms with Gasteiger partial charge in [0.25, 0.3) is 5.91 Å². The Hall–Kier alpha value is -2.92. The Balaban J connectivity index is 1.56. The van der Waals surface area contributed by atoms with E-state index < -0.39 is 0 Å². The molecule has 27 heavy (non-hydrogen) atoms. The summed E-state index contributed by atoms with van der Waals surface area (Å²) in [5, 5.41) is 3.14. The lowest BCUT2D eigenvalue weighted by Gasteiger charge is -2.27. The van der Waals surface area contributed by atoms with E-state index >= 15 is 0 Å². The number of nitrogens with one attached hydrogen (secondary N) is 1. The molecule has 1 aromatic heterocycles. The number of benzene rings is 2. The molecule has 0 aliphatic heterocycles. The number of aromatic nitrogens is 1. The van der Waals surface area contributed by atoms with Crippen LogP contribution in [0.3, 0.4) is 0 Å². The van der Waals surface area contributed by atoms with Crippen LogP contribution in [0, 0.1) is 0 Å². The van der Waals surface area contributed by atoms with Gasteiger partial charge in [0, 0.05) is 23.2 Å². The second-order valence-corrected chi connectivity index (χ2v) is 7.03. The molecule has 0 spiro atoms.